The average Bonchev–Trinajstić information content (AvgIpc) is 2.53. The van der Waals surface area contributed by atoms with Gasteiger partial charge < -0.3 is 10.5 Å². The van der Waals surface area contributed by atoms with Crippen molar-refractivity contribution >= 4 is 11.8 Å². The van der Waals surface area contributed by atoms with Crippen LogP contribution in [0.1, 0.15) is 23.6 Å². The fraction of sp³-hybridized carbons (Fsp3) is 0.294. The second-order valence-electron chi connectivity index (χ2n) is 4.74. The van der Waals surface area contributed by atoms with E-state index in [-0.39, 0.29) is 6.04 Å². The number of methoxy groups -OCH3 is 1. The molecule has 2 aromatic carbocycles. The van der Waals surface area contributed by atoms with Crippen LogP contribution in [0.2, 0.25) is 0 Å². The quantitative estimate of drug-likeness (QED) is 0.814. The maximum Gasteiger partial charge on any atom is 0.118 e. The number of ether oxygens (including phenoxy) is 1. The van der Waals surface area contributed by atoms with Crippen molar-refractivity contribution in [3.8, 4) is 5.75 Å². The minimum absolute atomic E-state index is 0.0840. The molecule has 20 heavy (non-hydrogen) atoms. The number of aryl methyl sites for hydroxylation is 1. The zero-order valence-corrected chi connectivity index (χ0v) is 12.8. The van der Waals surface area contributed by atoms with Crippen LogP contribution in [0.5, 0.6) is 5.75 Å². The van der Waals surface area contributed by atoms with Crippen molar-refractivity contribution in [2.24, 2.45) is 5.73 Å². The van der Waals surface area contributed by atoms with E-state index in [1.807, 2.05) is 12.1 Å². The van der Waals surface area contributed by atoms with E-state index in [0.717, 1.165) is 18.6 Å². The Balaban J connectivity index is 1.98. The summed E-state index contributed by atoms with van der Waals surface area (Å²) in [5, 5.41) is 0. The third kappa shape index (κ3) is 3.78. The Morgan fingerprint density at radius 2 is 1.80 bits per heavy atom. The highest BCUT2D eigenvalue weighted by Gasteiger charge is 2.10. The molecule has 0 heterocycles. The van der Waals surface area contributed by atoms with Gasteiger partial charge in [0.1, 0.15) is 5.75 Å². The van der Waals surface area contributed by atoms with Crippen LogP contribution in [0.4, 0.5) is 0 Å². The first-order valence-electron chi connectivity index (χ1n) is 6.76. The predicted molar refractivity (Wildman–Crippen MR) is 86.5 cm³/mol. The van der Waals surface area contributed by atoms with Crippen LogP contribution in [-0.2, 0) is 6.42 Å². The maximum absolute atomic E-state index is 6.34. The summed E-state index contributed by atoms with van der Waals surface area (Å²) in [7, 11) is 1.68. The molecule has 2 nitrogen and oxygen atoms in total. The molecule has 0 radical (unpaired) electrons. The Kier molecular flexibility index (Phi) is 5.50. The monoisotopic (exact) mass is 287 g/mol. The second-order valence-corrected chi connectivity index (χ2v) is 5.58. The summed E-state index contributed by atoms with van der Waals surface area (Å²) in [4.78, 5) is 1.27. The summed E-state index contributed by atoms with van der Waals surface area (Å²) in [6.07, 6.45) is 4.02. The van der Waals surface area contributed by atoms with Gasteiger partial charge in [-0.15, -0.1) is 11.8 Å². The van der Waals surface area contributed by atoms with Crippen LogP contribution in [0, 0.1) is 0 Å². The summed E-state index contributed by atoms with van der Waals surface area (Å²) in [5.74, 6) is 0.894. The molecule has 0 saturated heterocycles. The molecule has 3 heteroatoms. The summed E-state index contributed by atoms with van der Waals surface area (Å²) in [5.41, 5.74) is 8.88. The number of benzene rings is 2. The SMILES string of the molecule is COc1ccc(CCC(N)c2ccccc2SC)cc1. The molecule has 0 aliphatic carbocycles. The van der Waals surface area contributed by atoms with E-state index in [0.29, 0.717) is 0 Å². The minimum Gasteiger partial charge on any atom is -0.497 e. The highest BCUT2D eigenvalue weighted by molar-refractivity contribution is 7.98. The highest BCUT2D eigenvalue weighted by atomic mass is 32.2. The lowest BCUT2D eigenvalue weighted by Gasteiger charge is -2.15. The van der Waals surface area contributed by atoms with Gasteiger partial charge in [0.05, 0.1) is 7.11 Å². The van der Waals surface area contributed by atoms with Crippen LogP contribution >= 0.6 is 11.8 Å². The molecule has 0 amide bonds. The van der Waals surface area contributed by atoms with Gasteiger partial charge in [0, 0.05) is 10.9 Å². The molecule has 0 aliphatic rings. The summed E-state index contributed by atoms with van der Waals surface area (Å²) in [6.45, 7) is 0. The van der Waals surface area contributed by atoms with Crippen molar-refractivity contribution < 1.29 is 4.74 Å². The molecule has 106 valence electrons. The van der Waals surface area contributed by atoms with Gasteiger partial charge in [-0.25, -0.2) is 0 Å². The molecule has 1 atom stereocenters. The number of hydrogen-bond donors (Lipinski definition) is 1. The van der Waals surface area contributed by atoms with Crippen LogP contribution in [0.3, 0.4) is 0 Å². The fourth-order valence-corrected chi connectivity index (χ4v) is 2.91. The van der Waals surface area contributed by atoms with E-state index in [2.05, 4.69) is 42.7 Å². The van der Waals surface area contributed by atoms with Crippen molar-refractivity contribution in [1.29, 1.82) is 0 Å². The van der Waals surface area contributed by atoms with Crippen molar-refractivity contribution in [3.05, 3.63) is 59.7 Å². The number of rotatable bonds is 6. The topological polar surface area (TPSA) is 35.2 Å². The first kappa shape index (κ1) is 14.9. The predicted octanol–water partition coefficient (Wildman–Crippen LogP) is 4.05. The number of thioether (sulfide) groups is 1. The van der Waals surface area contributed by atoms with Crippen LogP contribution in [-0.4, -0.2) is 13.4 Å². The van der Waals surface area contributed by atoms with E-state index in [9.17, 15) is 0 Å². The van der Waals surface area contributed by atoms with E-state index < -0.39 is 0 Å². The lowest BCUT2D eigenvalue weighted by atomic mass is 10.00. The molecule has 0 spiro atoms. The Morgan fingerprint density at radius 3 is 2.45 bits per heavy atom. The van der Waals surface area contributed by atoms with Crippen LogP contribution < -0.4 is 10.5 Å². The van der Waals surface area contributed by atoms with Crippen molar-refractivity contribution in [1.82, 2.24) is 0 Å². The molecule has 0 aromatic heterocycles. The first-order valence-corrected chi connectivity index (χ1v) is 7.98. The molecular formula is C17H21NOS. The van der Waals surface area contributed by atoms with Gasteiger partial charge in [0.15, 0.2) is 0 Å². The maximum atomic E-state index is 6.34. The molecule has 2 aromatic rings. The third-order valence-corrected chi connectivity index (χ3v) is 4.25. The third-order valence-electron chi connectivity index (χ3n) is 3.44. The largest absolute Gasteiger partial charge is 0.497 e. The molecule has 0 saturated carbocycles. The Labute approximate surface area is 125 Å². The average molecular weight is 287 g/mol. The summed E-state index contributed by atoms with van der Waals surface area (Å²) >= 11 is 1.75. The molecule has 0 bridgehead atoms. The summed E-state index contributed by atoms with van der Waals surface area (Å²) in [6, 6.07) is 16.7. The van der Waals surface area contributed by atoms with Gasteiger partial charge in [-0.1, -0.05) is 30.3 Å². The lowest BCUT2D eigenvalue weighted by Crippen LogP contribution is -2.12. The van der Waals surface area contributed by atoms with E-state index in [4.69, 9.17) is 10.5 Å². The van der Waals surface area contributed by atoms with E-state index in [1.54, 1.807) is 18.9 Å². The minimum atomic E-state index is 0.0840. The molecular weight excluding hydrogens is 266 g/mol. The molecule has 0 aliphatic heterocycles. The normalized spacial score (nSPS) is 12.2. The second kappa shape index (κ2) is 7.36. The standard InChI is InChI=1S/C17H21NOS/c1-19-14-10-7-13(8-11-14)9-12-16(18)15-5-3-4-6-17(15)20-2/h3-8,10-11,16H,9,12,18H2,1-2H3. The van der Waals surface area contributed by atoms with Gasteiger partial charge in [0.2, 0.25) is 0 Å². The number of hydrogen-bond acceptors (Lipinski definition) is 3. The van der Waals surface area contributed by atoms with Crippen molar-refractivity contribution in [2.45, 2.75) is 23.8 Å². The lowest BCUT2D eigenvalue weighted by molar-refractivity contribution is 0.414. The number of nitrogens with two attached hydrogens (primary N) is 1. The first-order chi connectivity index (χ1) is 9.74. The van der Waals surface area contributed by atoms with Crippen LogP contribution in [0.25, 0.3) is 0 Å². The zero-order chi connectivity index (χ0) is 14.4. The molecule has 2 rings (SSSR count). The van der Waals surface area contributed by atoms with Crippen LogP contribution in [0.15, 0.2) is 53.4 Å². The van der Waals surface area contributed by atoms with Crippen molar-refractivity contribution in [2.75, 3.05) is 13.4 Å². The van der Waals surface area contributed by atoms with Crippen molar-refractivity contribution in [3.63, 3.8) is 0 Å². The molecule has 0 fully saturated rings. The zero-order valence-electron chi connectivity index (χ0n) is 12.0. The van der Waals surface area contributed by atoms with Gasteiger partial charge in [-0.3, -0.25) is 0 Å². The smallest absolute Gasteiger partial charge is 0.118 e. The van der Waals surface area contributed by atoms with Gasteiger partial charge >= 0.3 is 0 Å². The van der Waals surface area contributed by atoms with Gasteiger partial charge in [0.25, 0.3) is 0 Å². The highest BCUT2D eigenvalue weighted by Crippen LogP contribution is 2.27. The Morgan fingerprint density at radius 1 is 1.10 bits per heavy atom. The molecule has 1 unspecified atom stereocenters. The fourth-order valence-electron chi connectivity index (χ4n) is 2.24. The summed E-state index contributed by atoms with van der Waals surface area (Å²) < 4.78 is 5.17. The van der Waals surface area contributed by atoms with Gasteiger partial charge in [-0.05, 0) is 48.4 Å². The Bertz CT molecular complexity index is 539. The Hall–Kier alpha value is -1.45. The van der Waals surface area contributed by atoms with Gasteiger partial charge in [-0.2, -0.15) is 0 Å². The van der Waals surface area contributed by atoms with E-state index >= 15 is 0 Å². The van der Waals surface area contributed by atoms with E-state index in [1.165, 1.54) is 16.0 Å². The molecule has 2 N–H and O–H groups in total.